The molecule has 20 heavy (non-hydrogen) atoms. The van der Waals surface area contributed by atoms with Gasteiger partial charge in [-0.1, -0.05) is 0 Å². The van der Waals surface area contributed by atoms with Gasteiger partial charge in [-0.2, -0.15) is 15.0 Å². The Morgan fingerprint density at radius 1 is 1.35 bits per heavy atom. The number of anilines is 2. The highest BCUT2D eigenvalue weighted by molar-refractivity contribution is 7.91. The molecule has 1 atom stereocenters. The van der Waals surface area contributed by atoms with E-state index >= 15 is 0 Å². The summed E-state index contributed by atoms with van der Waals surface area (Å²) in [4.78, 5) is 12.0. The van der Waals surface area contributed by atoms with Gasteiger partial charge in [0, 0.05) is 6.04 Å². The molecule has 0 radical (unpaired) electrons. The van der Waals surface area contributed by atoms with Crippen LogP contribution in [-0.4, -0.2) is 47.5 Å². The van der Waals surface area contributed by atoms with E-state index in [0.29, 0.717) is 13.0 Å². The van der Waals surface area contributed by atoms with Crippen LogP contribution in [0.4, 0.5) is 11.9 Å². The normalized spacial score (nSPS) is 21.2. The second kappa shape index (κ2) is 6.18. The summed E-state index contributed by atoms with van der Waals surface area (Å²) in [6.07, 6.45) is 1.38. The first kappa shape index (κ1) is 14.7. The minimum Gasteiger partial charge on any atom is -0.464 e. The maximum Gasteiger partial charge on any atom is 0.323 e. The van der Waals surface area contributed by atoms with E-state index in [9.17, 15) is 8.42 Å². The third-order valence-electron chi connectivity index (χ3n) is 2.81. The Morgan fingerprint density at radius 2 is 2.10 bits per heavy atom. The van der Waals surface area contributed by atoms with Gasteiger partial charge in [0.15, 0.2) is 9.84 Å². The van der Waals surface area contributed by atoms with Crippen molar-refractivity contribution in [1.29, 1.82) is 0 Å². The second-order valence-electron chi connectivity index (χ2n) is 4.44. The number of aromatic nitrogens is 3. The average molecular weight is 302 g/mol. The fourth-order valence-electron chi connectivity index (χ4n) is 2.00. The summed E-state index contributed by atoms with van der Waals surface area (Å²) in [6, 6.07) is -0.0760. The van der Waals surface area contributed by atoms with Gasteiger partial charge in [0.2, 0.25) is 11.9 Å². The van der Waals surface area contributed by atoms with Crippen LogP contribution in [0.3, 0.4) is 0 Å². The molecule has 0 aliphatic carbocycles. The van der Waals surface area contributed by atoms with Gasteiger partial charge in [0.05, 0.1) is 18.1 Å². The van der Waals surface area contributed by atoms with Crippen LogP contribution < -0.4 is 21.3 Å². The number of hydrazine groups is 1. The van der Waals surface area contributed by atoms with Gasteiger partial charge < -0.3 is 10.1 Å². The molecule has 2 heterocycles. The van der Waals surface area contributed by atoms with E-state index in [1.165, 1.54) is 0 Å². The monoisotopic (exact) mass is 302 g/mol. The van der Waals surface area contributed by atoms with Crippen molar-refractivity contribution in [2.45, 2.75) is 25.8 Å². The summed E-state index contributed by atoms with van der Waals surface area (Å²) in [7, 11) is -2.99. The summed E-state index contributed by atoms with van der Waals surface area (Å²) < 4.78 is 28.4. The SMILES string of the molecule is CCOc1nc(NN)nc(NC2CCCS(=O)(=O)C2)n1. The molecule has 0 saturated carbocycles. The van der Waals surface area contributed by atoms with Crippen molar-refractivity contribution < 1.29 is 13.2 Å². The van der Waals surface area contributed by atoms with Gasteiger partial charge in [-0.3, -0.25) is 5.43 Å². The Kier molecular flexibility index (Phi) is 4.55. The van der Waals surface area contributed by atoms with Gasteiger partial charge in [0.25, 0.3) is 0 Å². The molecule has 1 unspecified atom stereocenters. The van der Waals surface area contributed by atoms with Crippen LogP contribution in [-0.2, 0) is 9.84 Å². The van der Waals surface area contributed by atoms with Gasteiger partial charge in [-0.15, -0.1) is 0 Å². The van der Waals surface area contributed by atoms with Crippen molar-refractivity contribution in [1.82, 2.24) is 15.0 Å². The molecule has 0 spiro atoms. The number of nitrogens with zero attached hydrogens (tertiary/aromatic N) is 3. The summed E-state index contributed by atoms with van der Waals surface area (Å²) in [6.45, 7) is 2.21. The quantitative estimate of drug-likeness (QED) is 0.488. The van der Waals surface area contributed by atoms with Crippen molar-refractivity contribution in [3.63, 3.8) is 0 Å². The highest BCUT2D eigenvalue weighted by Crippen LogP contribution is 2.17. The van der Waals surface area contributed by atoms with Crippen LogP contribution in [0.2, 0.25) is 0 Å². The topological polar surface area (TPSA) is 132 Å². The molecule has 10 heteroatoms. The van der Waals surface area contributed by atoms with E-state index in [2.05, 4.69) is 25.7 Å². The predicted molar refractivity (Wildman–Crippen MR) is 74.1 cm³/mol. The van der Waals surface area contributed by atoms with Crippen molar-refractivity contribution in [2.75, 3.05) is 28.9 Å². The molecule has 1 fully saturated rings. The van der Waals surface area contributed by atoms with E-state index in [4.69, 9.17) is 10.6 Å². The highest BCUT2D eigenvalue weighted by Gasteiger charge is 2.25. The number of sulfone groups is 1. The van der Waals surface area contributed by atoms with Gasteiger partial charge in [-0.25, -0.2) is 14.3 Å². The number of nitrogens with one attached hydrogen (secondary N) is 2. The molecule has 1 aromatic rings. The first-order valence-corrected chi connectivity index (χ1v) is 8.17. The first-order chi connectivity index (χ1) is 9.52. The smallest absolute Gasteiger partial charge is 0.323 e. The number of rotatable bonds is 5. The third-order valence-corrected chi connectivity index (χ3v) is 4.63. The van der Waals surface area contributed by atoms with Crippen LogP contribution >= 0.6 is 0 Å². The molecule has 0 aromatic carbocycles. The maximum atomic E-state index is 11.6. The molecule has 1 saturated heterocycles. The number of nitrogens with two attached hydrogens (primary N) is 1. The van der Waals surface area contributed by atoms with Crippen LogP contribution in [0, 0.1) is 0 Å². The third kappa shape index (κ3) is 3.90. The van der Waals surface area contributed by atoms with Gasteiger partial charge in [-0.05, 0) is 19.8 Å². The molecule has 0 amide bonds. The van der Waals surface area contributed by atoms with E-state index in [1.807, 2.05) is 0 Å². The van der Waals surface area contributed by atoms with E-state index in [-0.39, 0.29) is 35.5 Å². The lowest BCUT2D eigenvalue weighted by Crippen LogP contribution is -2.35. The maximum absolute atomic E-state index is 11.6. The Labute approximate surface area is 117 Å². The molecule has 1 aliphatic heterocycles. The lowest BCUT2D eigenvalue weighted by molar-refractivity contribution is 0.312. The summed E-state index contributed by atoms with van der Waals surface area (Å²) in [5.74, 6) is 6.00. The zero-order chi connectivity index (χ0) is 14.6. The molecule has 1 aliphatic rings. The Morgan fingerprint density at radius 3 is 2.75 bits per heavy atom. The minimum absolute atomic E-state index is 0.0774. The van der Waals surface area contributed by atoms with E-state index < -0.39 is 9.84 Å². The fraction of sp³-hybridized carbons (Fsp3) is 0.700. The Bertz CT molecular complexity index is 564. The second-order valence-corrected chi connectivity index (χ2v) is 6.67. The minimum atomic E-state index is -2.99. The first-order valence-electron chi connectivity index (χ1n) is 6.35. The van der Waals surface area contributed by atoms with Crippen molar-refractivity contribution in [2.24, 2.45) is 5.84 Å². The van der Waals surface area contributed by atoms with E-state index in [0.717, 1.165) is 6.42 Å². The zero-order valence-electron chi connectivity index (χ0n) is 11.2. The van der Waals surface area contributed by atoms with Crippen molar-refractivity contribution in [3.8, 4) is 6.01 Å². The van der Waals surface area contributed by atoms with Crippen molar-refractivity contribution >= 4 is 21.7 Å². The Balaban J connectivity index is 2.13. The molecule has 112 valence electrons. The van der Waals surface area contributed by atoms with Gasteiger partial charge >= 0.3 is 6.01 Å². The number of nitrogen functional groups attached to an aromatic ring is 1. The number of ether oxygens (including phenoxy) is 1. The molecular formula is C10H18N6O3S. The molecule has 2 rings (SSSR count). The molecular weight excluding hydrogens is 284 g/mol. The standard InChI is InChI=1S/C10H18N6O3S/c1-2-19-10-14-8(13-9(15-10)16-11)12-7-4-3-5-20(17,18)6-7/h7H,2-6,11H2,1H3,(H2,12,13,14,15,16). The molecule has 1 aromatic heterocycles. The van der Waals surface area contributed by atoms with Crippen LogP contribution in [0.15, 0.2) is 0 Å². The molecule has 9 nitrogen and oxygen atoms in total. The van der Waals surface area contributed by atoms with Crippen LogP contribution in [0.25, 0.3) is 0 Å². The average Bonchev–Trinajstić information content (AvgIpc) is 2.37. The summed E-state index contributed by atoms with van der Waals surface area (Å²) in [5.41, 5.74) is 2.32. The van der Waals surface area contributed by atoms with Gasteiger partial charge in [0.1, 0.15) is 0 Å². The number of hydrogen-bond donors (Lipinski definition) is 3. The highest BCUT2D eigenvalue weighted by atomic mass is 32.2. The molecule has 4 N–H and O–H groups in total. The van der Waals surface area contributed by atoms with Crippen LogP contribution in [0.5, 0.6) is 6.01 Å². The zero-order valence-corrected chi connectivity index (χ0v) is 12.0. The Hall–Kier alpha value is -1.68. The van der Waals surface area contributed by atoms with E-state index in [1.54, 1.807) is 6.92 Å². The largest absolute Gasteiger partial charge is 0.464 e. The van der Waals surface area contributed by atoms with Crippen LogP contribution in [0.1, 0.15) is 19.8 Å². The lowest BCUT2D eigenvalue weighted by Gasteiger charge is -2.23. The van der Waals surface area contributed by atoms with Crippen molar-refractivity contribution in [3.05, 3.63) is 0 Å². The molecule has 0 bridgehead atoms. The lowest BCUT2D eigenvalue weighted by atomic mass is 10.2. The summed E-state index contributed by atoms with van der Waals surface area (Å²) in [5, 5.41) is 2.99. The summed E-state index contributed by atoms with van der Waals surface area (Å²) >= 11 is 0. The fourth-order valence-corrected chi connectivity index (χ4v) is 3.63. The predicted octanol–water partition coefficient (Wildman–Crippen LogP) is -0.455. The number of hydrogen-bond acceptors (Lipinski definition) is 9.